The Hall–Kier alpha value is -3.61. The molecule has 0 bridgehead atoms. The van der Waals surface area contributed by atoms with Gasteiger partial charge in [-0.1, -0.05) is 30.3 Å². The lowest BCUT2D eigenvalue weighted by molar-refractivity contribution is 0.0945. The molecule has 0 aliphatic rings. The van der Waals surface area contributed by atoms with Gasteiger partial charge in [0.1, 0.15) is 29.3 Å². The number of benzene rings is 2. The molecule has 2 N–H and O–H groups in total. The van der Waals surface area contributed by atoms with Crippen LogP contribution in [0.2, 0.25) is 0 Å². The van der Waals surface area contributed by atoms with Gasteiger partial charge in [0.25, 0.3) is 5.91 Å². The second kappa shape index (κ2) is 8.66. The number of nitrogens with zero attached hydrogens (tertiary/aromatic N) is 2. The standard InChI is InChI=1S/C20H20N4O3/c1-26-17-9-5-3-7-14(17)12-21-20(25)16-11-19(23-13-22-16)24-15-8-4-6-10-18(15)27-2/h3-11,13H,12H2,1-2H3,(H,21,25)(H,22,23,24). The van der Waals surface area contributed by atoms with E-state index in [1.165, 1.54) is 6.33 Å². The second-order valence-corrected chi connectivity index (χ2v) is 5.61. The van der Waals surface area contributed by atoms with Crippen LogP contribution in [0.1, 0.15) is 16.1 Å². The molecular formula is C20H20N4O3. The number of rotatable bonds is 7. The SMILES string of the molecule is COc1ccccc1CNC(=O)c1cc(Nc2ccccc2OC)ncn1. The van der Waals surface area contributed by atoms with Crippen LogP contribution in [0.15, 0.2) is 60.9 Å². The molecule has 1 aromatic heterocycles. The summed E-state index contributed by atoms with van der Waals surface area (Å²) in [6, 6.07) is 16.6. The van der Waals surface area contributed by atoms with Crippen molar-refractivity contribution in [2.24, 2.45) is 0 Å². The minimum Gasteiger partial charge on any atom is -0.496 e. The van der Waals surface area contributed by atoms with Gasteiger partial charge >= 0.3 is 0 Å². The van der Waals surface area contributed by atoms with Crippen LogP contribution >= 0.6 is 0 Å². The molecule has 0 aliphatic carbocycles. The monoisotopic (exact) mass is 364 g/mol. The van der Waals surface area contributed by atoms with E-state index >= 15 is 0 Å². The maximum atomic E-state index is 12.5. The molecule has 0 aliphatic heterocycles. The average molecular weight is 364 g/mol. The van der Waals surface area contributed by atoms with Gasteiger partial charge in [-0.05, 0) is 18.2 Å². The Morgan fingerprint density at radius 1 is 0.963 bits per heavy atom. The van der Waals surface area contributed by atoms with Crippen LogP contribution in [0.5, 0.6) is 11.5 Å². The number of aromatic nitrogens is 2. The molecule has 0 atom stereocenters. The van der Waals surface area contributed by atoms with Gasteiger partial charge in [-0.2, -0.15) is 0 Å². The zero-order valence-electron chi connectivity index (χ0n) is 15.1. The summed E-state index contributed by atoms with van der Waals surface area (Å²) in [6.07, 6.45) is 1.34. The van der Waals surface area contributed by atoms with Gasteiger partial charge in [0.2, 0.25) is 0 Å². The molecule has 2 aromatic carbocycles. The van der Waals surface area contributed by atoms with Crippen LogP contribution < -0.4 is 20.1 Å². The summed E-state index contributed by atoms with van der Waals surface area (Å²) >= 11 is 0. The number of hydrogen-bond donors (Lipinski definition) is 2. The number of nitrogens with one attached hydrogen (secondary N) is 2. The van der Waals surface area contributed by atoms with Gasteiger partial charge in [0.15, 0.2) is 0 Å². The van der Waals surface area contributed by atoms with Crippen molar-refractivity contribution in [1.82, 2.24) is 15.3 Å². The Morgan fingerprint density at radius 3 is 2.44 bits per heavy atom. The highest BCUT2D eigenvalue weighted by molar-refractivity contribution is 5.93. The van der Waals surface area contributed by atoms with Crippen molar-refractivity contribution >= 4 is 17.4 Å². The molecule has 0 fully saturated rings. The van der Waals surface area contributed by atoms with Crippen LogP contribution in [-0.4, -0.2) is 30.1 Å². The number of carbonyl (C=O) groups excluding carboxylic acids is 1. The summed E-state index contributed by atoms with van der Waals surface area (Å²) < 4.78 is 10.6. The van der Waals surface area contributed by atoms with Gasteiger partial charge < -0.3 is 20.1 Å². The van der Waals surface area contributed by atoms with Gasteiger partial charge in [0, 0.05) is 18.2 Å². The highest BCUT2D eigenvalue weighted by Gasteiger charge is 2.11. The zero-order valence-corrected chi connectivity index (χ0v) is 15.1. The molecule has 0 saturated heterocycles. The average Bonchev–Trinajstić information content (AvgIpc) is 2.72. The van der Waals surface area contributed by atoms with Crippen LogP contribution in [0.25, 0.3) is 0 Å². The number of amides is 1. The first-order valence-corrected chi connectivity index (χ1v) is 8.33. The molecule has 3 rings (SSSR count). The third kappa shape index (κ3) is 4.52. The predicted octanol–water partition coefficient (Wildman–Crippen LogP) is 3.17. The van der Waals surface area contributed by atoms with Crippen LogP contribution in [0.4, 0.5) is 11.5 Å². The van der Waals surface area contributed by atoms with Crippen LogP contribution in [-0.2, 0) is 6.54 Å². The van der Waals surface area contributed by atoms with Gasteiger partial charge in [-0.25, -0.2) is 9.97 Å². The molecule has 0 unspecified atom stereocenters. The summed E-state index contributed by atoms with van der Waals surface area (Å²) in [4.78, 5) is 20.7. The fourth-order valence-electron chi connectivity index (χ4n) is 2.55. The normalized spacial score (nSPS) is 10.1. The fourth-order valence-corrected chi connectivity index (χ4v) is 2.55. The van der Waals surface area contributed by atoms with Crippen LogP contribution in [0.3, 0.4) is 0 Å². The molecule has 1 heterocycles. The van der Waals surface area contributed by atoms with Gasteiger partial charge in [-0.15, -0.1) is 0 Å². The number of carbonyl (C=O) groups is 1. The smallest absolute Gasteiger partial charge is 0.270 e. The molecule has 7 nitrogen and oxygen atoms in total. The number of anilines is 2. The highest BCUT2D eigenvalue weighted by Crippen LogP contribution is 2.26. The molecule has 3 aromatic rings. The summed E-state index contributed by atoms with van der Waals surface area (Å²) in [7, 11) is 3.19. The predicted molar refractivity (Wildman–Crippen MR) is 102 cm³/mol. The minimum atomic E-state index is -0.300. The Labute approximate surface area is 157 Å². The molecule has 27 heavy (non-hydrogen) atoms. The lowest BCUT2D eigenvalue weighted by atomic mass is 10.2. The Balaban J connectivity index is 1.70. The van der Waals surface area contributed by atoms with E-state index in [1.54, 1.807) is 20.3 Å². The van der Waals surface area contributed by atoms with E-state index in [2.05, 4.69) is 20.6 Å². The molecule has 0 spiro atoms. The van der Waals surface area contributed by atoms with Gasteiger partial charge in [0.05, 0.1) is 19.9 Å². The number of hydrogen-bond acceptors (Lipinski definition) is 6. The first-order valence-electron chi connectivity index (χ1n) is 8.33. The molecule has 7 heteroatoms. The quantitative estimate of drug-likeness (QED) is 0.670. The first-order chi connectivity index (χ1) is 13.2. The zero-order chi connectivity index (χ0) is 19.1. The van der Waals surface area contributed by atoms with Crippen molar-refractivity contribution < 1.29 is 14.3 Å². The number of para-hydroxylation sites is 3. The van der Waals surface area contributed by atoms with Crippen molar-refractivity contribution in [3.63, 3.8) is 0 Å². The third-order valence-corrected chi connectivity index (χ3v) is 3.90. The maximum absolute atomic E-state index is 12.5. The maximum Gasteiger partial charge on any atom is 0.270 e. The Bertz CT molecular complexity index is 930. The van der Waals surface area contributed by atoms with E-state index in [0.717, 1.165) is 17.0 Å². The van der Waals surface area contributed by atoms with Crippen LogP contribution in [0, 0.1) is 0 Å². The Kier molecular flexibility index (Phi) is 5.84. The van der Waals surface area contributed by atoms with Crippen molar-refractivity contribution in [3.8, 4) is 11.5 Å². The fraction of sp³-hybridized carbons (Fsp3) is 0.150. The molecular weight excluding hydrogens is 344 g/mol. The largest absolute Gasteiger partial charge is 0.496 e. The first kappa shape index (κ1) is 18.2. The lowest BCUT2D eigenvalue weighted by Crippen LogP contribution is -2.24. The molecule has 0 radical (unpaired) electrons. The number of methoxy groups -OCH3 is 2. The molecule has 0 saturated carbocycles. The van der Waals surface area contributed by atoms with Crippen molar-refractivity contribution in [3.05, 3.63) is 72.2 Å². The van der Waals surface area contributed by atoms with E-state index in [9.17, 15) is 4.79 Å². The molecule has 1 amide bonds. The Morgan fingerprint density at radius 2 is 1.67 bits per heavy atom. The van der Waals surface area contributed by atoms with E-state index in [-0.39, 0.29) is 11.6 Å². The third-order valence-electron chi connectivity index (χ3n) is 3.90. The summed E-state index contributed by atoms with van der Waals surface area (Å²) in [5, 5.41) is 5.98. The highest BCUT2D eigenvalue weighted by atomic mass is 16.5. The van der Waals surface area contributed by atoms with E-state index in [0.29, 0.717) is 18.1 Å². The van der Waals surface area contributed by atoms with Crippen molar-refractivity contribution in [1.29, 1.82) is 0 Å². The van der Waals surface area contributed by atoms with Crippen molar-refractivity contribution in [2.45, 2.75) is 6.54 Å². The topological polar surface area (TPSA) is 85.4 Å². The van der Waals surface area contributed by atoms with Crippen molar-refractivity contribution in [2.75, 3.05) is 19.5 Å². The summed E-state index contributed by atoms with van der Waals surface area (Å²) in [5.41, 5.74) is 1.89. The summed E-state index contributed by atoms with van der Waals surface area (Å²) in [5.74, 6) is 1.60. The lowest BCUT2D eigenvalue weighted by Gasteiger charge is -2.11. The number of ether oxygens (including phenoxy) is 2. The van der Waals surface area contributed by atoms with Gasteiger partial charge in [-0.3, -0.25) is 4.79 Å². The van der Waals surface area contributed by atoms with E-state index in [4.69, 9.17) is 9.47 Å². The van der Waals surface area contributed by atoms with E-state index < -0.39 is 0 Å². The molecule has 138 valence electrons. The second-order valence-electron chi connectivity index (χ2n) is 5.61. The minimum absolute atomic E-state index is 0.261. The summed E-state index contributed by atoms with van der Waals surface area (Å²) in [6.45, 7) is 0.335. The van der Waals surface area contributed by atoms with E-state index in [1.807, 2.05) is 48.5 Å².